The number of carbonyl (C=O) groups excluding carboxylic acids is 1. The van der Waals surface area contributed by atoms with Crippen LogP contribution in [0.2, 0.25) is 0 Å². The molecule has 1 fully saturated rings. The van der Waals surface area contributed by atoms with Crippen LogP contribution < -0.4 is 0 Å². The van der Waals surface area contributed by atoms with Crippen molar-refractivity contribution in [2.24, 2.45) is 11.3 Å². The zero-order valence-corrected chi connectivity index (χ0v) is 10.7. The van der Waals surface area contributed by atoms with Crippen LogP contribution in [0.5, 0.6) is 0 Å². The number of hydrogen-bond acceptors (Lipinski definition) is 3. The Labute approximate surface area is 96.8 Å². The average Bonchev–Trinajstić information content (AvgIpc) is 2.55. The van der Waals surface area contributed by atoms with Crippen molar-refractivity contribution in [3.05, 3.63) is 11.1 Å². The van der Waals surface area contributed by atoms with E-state index in [0.717, 1.165) is 6.42 Å². The van der Waals surface area contributed by atoms with Crippen molar-refractivity contribution in [1.29, 1.82) is 0 Å². The van der Waals surface area contributed by atoms with Gasteiger partial charge in [0.1, 0.15) is 0 Å². The lowest BCUT2D eigenvalue weighted by atomic mass is 9.66. The molecule has 0 aromatic heterocycles. The molecular weight excluding hydrogens is 204 g/mol. The standard InChI is InChI=1S/C13H20O3/c1-7-8(2)13(4,5)10-6-11(7)16-12(10)15-9(3)14/h10-12H,6H2,1-5H3/t10-,11-,12-/m0/s1. The number of hydrogen-bond donors (Lipinski definition) is 0. The van der Waals surface area contributed by atoms with Gasteiger partial charge in [-0.15, -0.1) is 0 Å². The van der Waals surface area contributed by atoms with Gasteiger partial charge in [-0.2, -0.15) is 0 Å². The molecule has 2 aliphatic rings. The number of ether oxygens (including phenoxy) is 2. The summed E-state index contributed by atoms with van der Waals surface area (Å²) in [6, 6.07) is 0. The summed E-state index contributed by atoms with van der Waals surface area (Å²) in [5, 5.41) is 0. The van der Waals surface area contributed by atoms with Gasteiger partial charge in [0.2, 0.25) is 6.29 Å². The first-order valence-corrected chi connectivity index (χ1v) is 5.84. The first kappa shape index (κ1) is 11.6. The van der Waals surface area contributed by atoms with E-state index in [1.807, 2.05) is 0 Å². The Morgan fingerprint density at radius 3 is 2.62 bits per heavy atom. The Balaban J connectivity index is 2.29. The Bertz CT molecular complexity index is 354. The van der Waals surface area contributed by atoms with Crippen molar-refractivity contribution in [3.8, 4) is 0 Å². The first-order chi connectivity index (χ1) is 7.34. The van der Waals surface area contributed by atoms with Gasteiger partial charge in [-0.05, 0) is 31.3 Å². The van der Waals surface area contributed by atoms with Crippen LogP contribution in [0.3, 0.4) is 0 Å². The predicted octanol–water partition coefficient (Wildman–Crippen LogP) is 2.66. The molecule has 3 nitrogen and oxygen atoms in total. The van der Waals surface area contributed by atoms with Gasteiger partial charge in [-0.25, -0.2) is 0 Å². The van der Waals surface area contributed by atoms with Gasteiger partial charge in [-0.3, -0.25) is 4.79 Å². The van der Waals surface area contributed by atoms with Crippen molar-refractivity contribution in [2.75, 3.05) is 0 Å². The Morgan fingerprint density at radius 2 is 2.06 bits per heavy atom. The zero-order valence-electron chi connectivity index (χ0n) is 10.7. The van der Waals surface area contributed by atoms with E-state index in [0.29, 0.717) is 0 Å². The summed E-state index contributed by atoms with van der Waals surface area (Å²) >= 11 is 0. The Kier molecular flexibility index (Phi) is 2.61. The van der Waals surface area contributed by atoms with Crippen LogP contribution in [-0.2, 0) is 14.3 Å². The van der Waals surface area contributed by atoms with Crippen molar-refractivity contribution < 1.29 is 14.3 Å². The fraction of sp³-hybridized carbons (Fsp3) is 0.769. The average molecular weight is 224 g/mol. The summed E-state index contributed by atoms with van der Waals surface area (Å²) in [6.45, 7) is 10.1. The van der Waals surface area contributed by atoms with Gasteiger partial charge >= 0.3 is 5.97 Å². The minimum absolute atomic E-state index is 0.0528. The number of fused-ring (bicyclic) bond motifs is 2. The summed E-state index contributed by atoms with van der Waals surface area (Å²) in [5.41, 5.74) is 2.73. The summed E-state index contributed by atoms with van der Waals surface area (Å²) in [5.74, 6) is 0.0220. The highest BCUT2D eigenvalue weighted by Crippen LogP contribution is 2.52. The highest BCUT2D eigenvalue weighted by Gasteiger charge is 2.51. The molecule has 0 amide bonds. The summed E-state index contributed by atoms with van der Waals surface area (Å²) in [7, 11) is 0. The largest absolute Gasteiger partial charge is 0.436 e. The van der Waals surface area contributed by atoms with Crippen molar-refractivity contribution in [1.82, 2.24) is 0 Å². The van der Waals surface area contributed by atoms with E-state index in [2.05, 4.69) is 27.7 Å². The van der Waals surface area contributed by atoms with Gasteiger partial charge in [0.25, 0.3) is 0 Å². The highest BCUT2D eigenvalue weighted by atomic mass is 16.7. The second-order valence-corrected chi connectivity index (χ2v) is 5.47. The van der Waals surface area contributed by atoms with Crippen LogP contribution in [0.15, 0.2) is 11.1 Å². The molecule has 1 heterocycles. The number of rotatable bonds is 1. The van der Waals surface area contributed by atoms with Crippen LogP contribution in [0.1, 0.15) is 41.0 Å². The number of allylic oxidation sites excluding steroid dienone is 1. The fourth-order valence-electron chi connectivity index (χ4n) is 2.87. The molecule has 0 saturated carbocycles. The van der Waals surface area contributed by atoms with E-state index in [1.54, 1.807) is 0 Å². The molecule has 0 radical (unpaired) electrons. The first-order valence-electron chi connectivity index (χ1n) is 5.84. The fourth-order valence-corrected chi connectivity index (χ4v) is 2.87. The third kappa shape index (κ3) is 1.58. The van der Waals surface area contributed by atoms with Gasteiger partial charge in [0, 0.05) is 12.8 Å². The molecule has 0 aromatic carbocycles. The van der Waals surface area contributed by atoms with Crippen LogP contribution >= 0.6 is 0 Å². The maximum atomic E-state index is 11.0. The highest BCUT2D eigenvalue weighted by molar-refractivity contribution is 5.66. The second kappa shape index (κ2) is 3.59. The molecular formula is C13H20O3. The van der Waals surface area contributed by atoms with Crippen LogP contribution in [-0.4, -0.2) is 18.4 Å². The lowest BCUT2D eigenvalue weighted by Crippen LogP contribution is -2.35. The van der Waals surface area contributed by atoms with Crippen LogP contribution in [0.25, 0.3) is 0 Å². The third-order valence-electron chi connectivity index (χ3n) is 4.35. The van der Waals surface area contributed by atoms with E-state index in [-0.39, 0.29) is 29.7 Å². The molecule has 0 N–H and O–H groups in total. The lowest BCUT2D eigenvalue weighted by molar-refractivity contribution is -0.180. The number of carbonyl (C=O) groups is 1. The minimum Gasteiger partial charge on any atom is -0.436 e. The maximum Gasteiger partial charge on any atom is 0.304 e. The lowest BCUT2D eigenvalue weighted by Gasteiger charge is -2.38. The normalized spacial score (nSPS) is 36.4. The van der Waals surface area contributed by atoms with Crippen LogP contribution in [0, 0.1) is 11.3 Å². The van der Waals surface area contributed by atoms with Gasteiger partial charge < -0.3 is 9.47 Å². The zero-order chi connectivity index (χ0) is 12.1. The van der Waals surface area contributed by atoms with E-state index in [4.69, 9.17) is 9.47 Å². The minimum atomic E-state index is -0.370. The Hall–Kier alpha value is -0.830. The third-order valence-corrected chi connectivity index (χ3v) is 4.35. The van der Waals surface area contributed by atoms with Crippen LogP contribution in [0.4, 0.5) is 0 Å². The summed E-state index contributed by atoms with van der Waals surface area (Å²) < 4.78 is 11.1. The van der Waals surface area contributed by atoms with Gasteiger partial charge in [0.15, 0.2) is 0 Å². The molecule has 0 unspecified atom stereocenters. The van der Waals surface area contributed by atoms with E-state index in [9.17, 15) is 4.79 Å². The summed E-state index contributed by atoms with van der Waals surface area (Å²) in [4.78, 5) is 11.0. The van der Waals surface area contributed by atoms with Crippen molar-refractivity contribution >= 4 is 5.97 Å². The molecule has 16 heavy (non-hydrogen) atoms. The van der Waals surface area contributed by atoms with E-state index in [1.165, 1.54) is 18.1 Å². The Morgan fingerprint density at radius 1 is 1.44 bits per heavy atom. The van der Waals surface area contributed by atoms with Gasteiger partial charge in [0.05, 0.1) is 6.10 Å². The topological polar surface area (TPSA) is 35.5 Å². The van der Waals surface area contributed by atoms with Crippen molar-refractivity contribution in [3.63, 3.8) is 0 Å². The molecule has 90 valence electrons. The molecule has 2 rings (SSSR count). The van der Waals surface area contributed by atoms with E-state index >= 15 is 0 Å². The molecule has 1 aliphatic carbocycles. The van der Waals surface area contributed by atoms with Crippen molar-refractivity contribution in [2.45, 2.75) is 53.4 Å². The monoisotopic (exact) mass is 224 g/mol. The smallest absolute Gasteiger partial charge is 0.304 e. The molecule has 0 aromatic rings. The molecule has 0 spiro atoms. The molecule has 1 saturated heterocycles. The second-order valence-electron chi connectivity index (χ2n) is 5.47. The molecule has 1 aliphatic heterocycles. The predicted molar refractivity (Wildman–Crippen MR) is 60.7 cm³/mol. The van der Waals surface area contributed by atoms with Gasteiger partial charge in [-0.1, -0.05) is 19.4 Å². The van der Waals surface area contributed by atoms with E-state index < -0.39 is 0 Å². The molecule has 3 atom stereocenters. The number of esters is 1. The molecule has 3 heteroatoms. The SMILES string of the molecule is CC(=O)O[C@H]1O[C@H]2C[C@@H]1C(C)(C)C(C)=C2C. The maximum absolute atomic E-state index is 11.0. The molecule has 2 bridgehead atoms. The summed E-state index contributed by atoms with van der Waals surface area (Å²) in [6.07, 6.45) is 0.737. The quantitative estimate of drug-likeness (QED) is 0.507.